The number of nitrogens with zero attached hydrogens (tertiary/aromatic N) is 1. The number of hydrogen-bond acceptors (Lipinski definition) is 3. The van der Waals surface area contributed by atoms with Gasteiger partial charge in [-0.1, -0.05) is 49.6 Å². The van der Waals surface area contributed by atoms with Crippen molar-refractivity contribution in [2.75, 3.05) is 13.1 Å². The molecular weight excluding hydrogens is 372 g/mol. The second-order valence-corrected chi connectivity index (χ2v) is 9.99. The van der Waals surface area contributed by atoms with E-state index in [-0.39, 0.29) is 24.4 Å². The van der Waals surface area contributed by atoms with Crippen molar-refractivity contribution in [2.24, 2.45) is 5.92 Å². The third-order valence-corrected chi connectivity index (χ3v) is 7.93. The minimum Gasteiger partial charge on any atom is -0.353 e. The lowest BCUT2D eigenvalue weighted by Gasteiger charge is -2.32. The number of fused-ring (bicyclic) bond motifs is 1. The van der Waals surface area contributed by atoms with E-state index in [2.05, 4.69) is 5.32 Å². The van der Waals surface area contributed by atoms with Crippen molar-refractivity contribution in [3.63, 3.8) is 0 Å². The van der Waals surface area contributed by atoms with Crippen LogP contribution in [0, 0.1) is 5.92 Å². The molecule has 0 aromatic heterocycles. The SMILES string of the molecule is O=C(NC1CCCCC1)[C@H]1CCCN(S(=O)(=O)c2ccc3ccccc3c2)C1. The van der Waals surface area contributed by atoms with E-state index in [0.717, 1.165) is 49.3 Å². The van der Waals surface area contributed by atoms with E-state index < -0.39 is 10.0 Å². The lowest BCUT2D eigenvalue weighted by Crippen LogP contribution is -2.47. The second-order valence-electron chi connectivity index (χ2n) is 8.05. The molecule has 1 heterocycles. The van der Waals surface area contributed by atoms with Crippen molar-refractivity contribution in [3.8, 4) is 0 Å². The molecule has 4 rings (SSSR count). The van der Waals surface area contributed by atoms with E-state index in [4.69, 9.17) is 0 Å². The Morgan fingerprint density at radius 2 is 1.68 bits per heavy atom. The van der Waals surface area contributed by atoms with Crippen LogP contribution in [0.1, 0.15) is 44.9 Å². The standard InChI is InChI=1S/C22H28N2O3S/c25-22(23-20-10-2-1-3-11-20)19-9-6-14-24(16-19)28(26,27)21-13-12-17-7-4-5-8-18(17)15-21/h4-5,7-8,12-13,15,19-20H,1-3,6,9-11,14,16H2,(H,23,25)/t19-/m0/s1. The summed E-state index contributed by atoms with van der Waals surface area (Å²) >= 11 is 0. The molecule has 0 bridgehead atoms. The first-order chi connectivity index (χ1) is 13.5. The fraction of sp³-hybridized carbons (Fsp3) is 0.500. The Morgan fingerprint density at radius 1 is 0.929 bits per heavy atom. The maximum Gasteiger partial charge on any atom is 0.243 e. The molecule has 5 nitrogen and oxygen atoms in total. The van der Waals surface area contributed by atoms with Crippen molar-refractivity contribution in [1.29, 1.82) is 0 Å². The number of piperidine rings is 1. The molecule has 0 spiro atoms. The Morgan fingerprint density at radius 3 is 2.46 bits per heavy atom. The molecular formula is C22H28N2O3S. The number of nitrogens with one attached hydrogen (secondary N) is 1. The molecule has 2 aromatic rings. The lowest BCUT2D eigenvalue weighted by atomic mass is 9.93. The van der Waals surface area contributed by atoms with Crippen LogP contribution in [0.5, 0.6) is 0 Å². The third-order valence-electron chi connectivity index (χ3n) is 6.07. The molecule has 0 radical (unpaired) electrons. The summed E-state index contributed by atoms with van der Waals surface area (Å²) < 4.78 is 27.9. The zero-order chi connectivity index (χ0) is 19.6. The average Bonchev–Trinajstić information content (AvgIpc) is 2.74. The van der Waals surface area contributed by atoms with Crippen molar-refractivity contribution in [3.05, 3.63) is 42.5 Å². The van der Waals surface area contributed by atoms with Gasteiger partial charge in [0.05, 0.1) is 10.8 Å². The number of rotatable bonds is 4. The number of amides is 1. The van der Waals surface area contributed by atoms with E-state index in [1.165, 1.54) is 10.7 Å². The highest BCUT2D eigenvalue weighted by molar-refractivity contribution is 7.89. The Bertz CT molecular complexity index is 951. The van der Waals surface area contributed by atoms with Gasteiger partial charge in [0.15, 0.2) is 0 Å². The van der Waals surface area contributed by atoms with Crippen LogP contribution < -0.4 is 5.32 Å². The quantitative estimate of drug-likeness (QED) is 0.851. The van der Waals surface area contributed by atoms with Gasteiger partial charge in [-0.3, -0.25) is 4.79 Å². The lowest BCUT2D eigenvalue weighted by molar-refractivity contribution is -0.127. The predicted molar refractivity (Wildman–Crippen MR) is 110 cm³/mol. The third kappa shape index (κ3) is 4.08. The normalized spacial score (nSPS) is 22.2. The molecule has 1 saturated heterocycles. The van der Waals surface area contributed by atoms with Gasteiger partial charge in [0.25, 0.3) is 0 Å². The van der Waals surface area contributed by atoms with Crippen LogP contribution >= 0.6 is 0 Å². The van der Waals surface area contributed by atoms with Crippen molar-refractivity contribution >= 4 is 26.7 Å². The summed E-state index contributed by atoms with van der Waals surface area (Å²) in [4.78, 5) is 13.0. The molecule has 6 heteroatoms. The van der Waals surface area contributed by atoms with E-state index >= 15 is 0 Å². The van der Waals surface area contributed by atoms with Gasteiger partial charge in [-0.2, -0.15) is 4.31 Å². The molecule has 1 saturated carbocycles. The maximum absolute atomic E-state index is 13.2. The number of carbonyl (C=O) groups excluding carboxylic acids is 1. The van der Waals surface area contributed by atoms with Crippen LogP contribution in [0.2, 0.25) is 0 Å². The predicted octanol–water partition coefficient (Wildman–Crippen LogP) is 3.69. The zero-order valence-corrected chi connectivity index (χ0v) is 17.0. The summed E-state index contributed by atoms with van der Waals surface area (Å²) in [7, 11) is -3.60. The number of hydrogen-bond donors (Lipinski definition) is 1. The Balaban J connectivity index is 1.48. The first kappa shape index (κ1) is 19.4. The Kier molecular flexibility index (Phi) is 5.69. The molecule has 2 fully saturated rings. The highest BCUT2D eigenvalue weighted by Gasteiger charge is 2.34. The number of sulfonamides is 1. The van der Waals surface area contributed by atoms with Crippen molar-refractivity contribution < 1.29 is 13.2 Å². The van der Waals surface area contributed by atoms with Gasteiger partial charge >= 0.3 is 0 Å². The average molecular weight is 401 g/mol. The summed E-state index contributed by atoms with van der Waals surface area (Å²) in [6, 6.07) is 13.2. The highest BCUT2D eigenvalue weighted by atomic mass is 32.2. The van der Waals surface area contributed by atoms with Crippen LogP contribution in [-0.4, -0.2) is 37.8 Å². The maximum atomic E-state index is 13.2. The summed E-state index contributed by atoms with van der Waals surface area (Å²) in [5, 5.41) is 5.09. The van der Waals surface area contributed by atoms with Gasteiger partial charge in [0.1, 0.15) is 0 Å². The molecule has 28 heavy (non-hydrogen) atoms. The van der Waals surface area contributed by atoms with Gasteiger partial charge in [-0.15, -0.1) is 0 Å². The number of benzene rings is 2. The van der Waals surface area contributed by atoms with Gasteiger partial charge in [0, 0.05) is 19.1 Å². The summed E-state index contributed by atoms with van der Waals surface area (Å²) in [6.45, 7) is 0.746. The summed E-state index contributed by atoms with van der Waals surface area (Å²) in [5.74, 6) is -0.240. The van der Waals surface area contributed by atoms with Crippen molar-refractivity contribution in [1.82, 2.24) is 9.62 Å². The molecule has 1 aliphatic heterocycles. The minimum atomic E-state index is -3.60. The summed E-state index contributed by atoms with van der Waals surface area (Å²) in [6.07, 6.45) is 7.12. The fourth-order valence-electron chi connectivity index (χ4n) is 4.42. The van der Waals surface area contributed by atoms with Gasteiger partial charge in [-0.25, -0.2) is 8.42 Å². The van der Waals surface area contributed by atoms with E-state index in [0.29, 0.717) is 11.4 Å². The summed E-state index contributed by atoms with van der Waals surface area (Å²) in [5.41, 5.74) is 0. The van der Waals surface area contributed by atoms with Gasteiger partial charge in [-0.05, 0) is 48.6 Å². The minimum absolute atomic E-state index is 0.0188. The van der Waals surface area contributed by atoms with Crippen LogP contribution in [0.4, 0.5) is 0 Å². The highest BCUT2D eigenvalue weighted by Crippen LogP contribution is 2.27. The molecule has 1 aliphatic carbocycles. The Labute approximate surface area is 167 Å². The van der Waals surface area contributed by atoms with Crippen LogP contribution in [0.15, 0.2) is 47.4 Å². The van der Waals surface area contributed by atoms with E-state index in [1.807, 2.05) is 30.3 Å². The molecule has 1 atom stereocenters. The topological polar surface area (TPSA) is 66.5 Å². The molecule has 1 amide bonds. The molecule has 150 valence electrons. The largest absolute Gasteiger partial charge is 0.353 e. The van der Waals surface area contributed by atoms with Crippen LogP contribution in [0.25, 0.3) is 10.8 Å². The smallest absolute Gasteiger partial charge is 0.243 e. The van der Waals surface area contributed by atoms with Crippen molar-refractivity contribution in [2.45, 2.75) is 55.9 Å². The second kappa shape index (κ2) is 8.21. The van der Waals surface area contributed by atoms with Crippen LogP contribution in [-0.2, 0) is 14.8 Å². The fourth-order valence-corrected chi connectivity index (χ4v) is 5.98. The molecule has 1 N–H and O–H groups in total. The van der Waals surface area contributed by atoms with Gasteiger partial charge in [0.2, 0.25) is 15.9 Å². The molecule has 0 unspecified atom stereocenters. The zero-order valence-electron chi connectivity index (χ0n) is 16.1. The Hall–Kier alpha value is -1.92. The van der Waals surface area contributed by atoms with E-state index in [1.54, 1.807) is 12.1 Å². The van der Waals surface area contributed by atoms with Crippen LogP contribution in [0.3, 0.4) is 0 Å². The number of carbonyl (C=O) groups is 1. The monoisotopic (exact) mass is 400 g/mol. The van der Waals surface area contributed by atoms with E-state index in [9.17, 15) is 13.2 Å². The first-order valence-corrected chi connectivity index (χ1v) is 11.8. The first-order valence-electron chi connectivity index (χ1n) is 10.3. The molecule has 2 aliphatic rings. The molecule has 2 aromatic carbocycles. The van der Waals surface area contributed by atoms with Gasteiger partial charge < -0.3 is 5.32 Å².